The van der Waals surface area contributed by atoms with Crippen LogP contribution in [0.15, 0.2) is 11.3 Å². The molecule has 0 bridgehead atoms. The molecule has 1 saturated carbocycles. The molecule has 0 spiro atoms. The van der Waals surface area contributed by atoms with Gasteiger partial charge in [0.15, 0.2) is 0 Å². The highest BCUT2D eigenvalue weighted by molar-refractivity contribution is 7.15. The third-order valence-corrected chi connectivity index (χ3v) is 5.44. The van der Waals surface area contributed by atoms with Crippen LogP contribution in [0.4, 0.5) is 5.13 Å². The van der Waals surface area contributed by atoms with Crippen molar-refractivity contribution in [1.82, 2.24) is 15.5 Å². The maximum absolute atomic E-state index is 12.4. The van der Waals surface area contributed by atoms with Crippen molar-refractivity contribution in [3.05, 3.63) is 16.3 Å². The molecule has 124 valence electrons. The predicted octanol–water partition coefficient (Wildman–Crippen LogP) is 2.10. The minimum atomic E-state index is -0.629. The smallest absolute Gasteiger partial charge is 0.266 e. The lowest BCUT2D eigenvalue weighted by atomic mass is 9.79. The highest BCUT2D eigenvalue weighted by Crippen LogP contribution is 2.34. The van der Waals surface area contributed by atoms with Gasteiger partial charge in [-0.05, 0) is 12.8 Å². The molecule has 0 aromatic carbocycles. The molecule has 2 aliphatic rings. The number of fused-ring (bicyclic) bond motifs is 1. The van der Waals surface area contributed by atoms with Crippen molar-refractivity contribution in [2.24, 2.45) is 5.92 Å². The third-order valence-electron chi connectivity index (χ3n) is 4.30. The van der Waals surface area contributed by atoms with Gasteiger partial charge in [0, 0.05) is 17.9 Å². The Morgan fingerprint density at radius 3 is 2.78 bits per heavy atom. The molecule has 1 fully saturated rings. The van der Waals surface area contributed by atoms with Crippen molar-refractivity contribution >= 4 is 28.3 Å². The second-order valence-corrected chi connectivity index (χ2v) is 7.29. The van der Waals surface area contributed by atoms with E-state index < -0.39 is 11.8 Å². The Bertz CT molecular complexity index is 667. The lowest BCUT2D eigenvalue weighted by Crippen LogP contribution is -2.50. The number of aromatic nitrogens is 2. The van der Waals surface area contributed by atoms with Crippen LogP contribution in [0.2, 0.25) is 0 Å². The normalized spacial score (nSPS) is 24.4. The van der Waals surface area contributed by atoms with Gasteiger partial charge >= 0.3 is 0 Å². The molecule has 1 aromatic heterocycles. The van der Waals surface area contributed by atoms with Crippen LogP contribution in [-0.2, 0) is 9.59 Å². The number of nitrogens with zero attached hydrogens (tertiary/aromatic N) is 2. The second-order valence-electron chi connectivity index (χ2n) is 6.29. The quantitative estimate of drug-likeness (QED) is 0.733. The van der Waals surface area contributed by atoms with Crippen LogP contribution in [0.25, 0.3) is 0 Å². The number of carbonyl (C=O) groups is 2. The second kappa shape index (κ2) is 6.27. The first-order valence-electron chi connectivity index (χ1n) is 7.86. The Morgan fingerprint density at radius 2 is 2.09 bits per heavy atom. The van der Waals surface area contributed by atoms with Crippen molar-refractivity contribution in [1.29, 1.82) is 0 Å². The number of hydrogen-bond donors (Lipinski definition) is 3. The lowest BCUT2D eigenvalue weighted by Gasteiger charge is -2.35. The third kappa shape index (κ3) is 3.08. The summed E-state index contributed by atoms with van der Waals surface area (Å²) in [7, 11) is 0. The Morgan fingerprint density at radius 1 is 1.35 bits per heavy atom. The molecule has 3 rings (SSSR count). The summed E-state index contributed by atoms with van der Waals surface area (Å²) >= 11 is 1.27. The molecule has 1 aliphatic heterocycles. The molecule has 1 aliphatic carbocycles. The van der Waals surface area contributed by atoms with E-state index in [9.17, 15) is 14.7 Å². The highest BCUT2D eigenvalue weighted by Gasteiger charge is 2.40. The van der Waals surface area contributed by atoms with Gasteiger partial charge in [0.2, 0.25) is 5.13 Å². The first-order valence-corrected chi connectivity index (χ1v) is 8.67. The van der Waals surface area contributed by atoms with E-state index in [0.29, 0.717) is 5.13 Å². The van der Waals surface area contributed by atoms with E-state index in [0.717, 1.165) is 30.7 Å². The molecular weight excluding hydrogens is 316 g/mol. The van der Waals surface area contributed by atoms with Crippen LogP contribution in [-0.4, -0.2) is 33.2 Å². The van der Waals surface area contributed by atoms with E-state index in [2.05, 4.69) is 20.8 Å². The summed E-state index contributed by atoms with van der Waals surface area (Å²) < 4.78 is 0. The van der Waals surface area contributed by atoms with Gasteiger partial charge < -0.3 is 10.4 Å². The van der Waals surface area contributed by atoms with E-state index in [1.807, 2.05) is 13.8 Å². The zero-order chi connectivity index (χ0) is 16.6. The molecule has 2 atom stereocenters. The van der Waals surface area contributed by atoms with Gasteiger partial charge in [0.25, 0.3) is 11.8 Å². The van der Waals surface area contributed by atoms with Gasteiger partial charge in [0.05, 0.1) is 0 Å². The van der Waals surface area contributed by atoms with Crippen molar-refractivity contribution < 1.29 is 14.7 Å². The monoisotopic (exact) mass is 336 g/mol. The average Bonchev–Trinajstić information content (AvgIpc) is 2.96. The van der Waals surface area contributed by atoms with Crippen LogP contribution in [0.1, 0.15) is 50.5 Å². The number of hydrogen-bond acceptors (Lipinski definition) is 6. The molecule has 0 radical (unpaired) electrons. The molecule has 3 N–H and O–H groups in total. The van der Waals surface area contributed by atoms with Gasteiger partial charge in [-0.2, -0.15) is 0 Å². The summed E-state index contributed by atoms with van der Waals surface area (Å²) in [6.07, 6.45) is 3.64. The molecule has 7 nitrogen and oxygen atoms in total. The number of nitrogens with one attached hydrogen (secondary N) is 2. The van der Waals surface area contributed by atoms with Crippen LogP contribution >= 0.6 is 11.3 Å². The highest BCUT2D eigenvalue weighted by atomic mass is 32.1. The fourth-order valence-electron chi connectivity index (χ4n) is 3.07. The first-order chi connectivity index (χ1) is 11.0. The van der Waals surface area contributed by atoms with Crippen molar-refractivity contribution in [2.75, 3.05) is 5.32 Å². The Balaban J connectivity index is 1.80. The average molecular weight is 336 g/mol. The Hall–Kier alpha value is -1.96. The van der Waals surface area contributed by atoms with Crippen LogP contribution in [0.5, 0.6) is 0 Å². The maximum Gasteiger partial charge on any atom is 0.266 e. The van der Waals surface area contributed by atoms with Gasteiger partial charge in [-0.3, -0.25) is 14.9 Å². The standard InChI is InChI=1S/C15H20N4O3S/c1-7(2)14-18-19-15(23-14)17-13(22)10-11(20)8-5-3-4-6-9(8)16-12(10)21/h7-9,20H,3-6H2,1-2H3,(H,16,21)(H,17,19,22). The summed E-state index contributed by atoms with van der Waals surface area (Å²) in [4.78, 5) is 24.6. The SMILES string of the molecule is CC(C)c1nnc(NC(=O)C2=C(O)C3CCCCC3NC2=O)s1. The molecule has 1 aromatic rings. The van der Waals surface area contributed by atoms with Crippen molar-refractivity contribution in [3.8, 4) is 0 Å². The van der Waals surface area contributed by atoms with Crippen LogP contribution < -0.4 is 10.6 Å². The fourth-order valence-corrected chi connectivity index (χ4v) is 3.81. The number of carbonyl (C=O) groups excluding carboxylic acids is 2. The predicted molar refractivity (Wildman–Crippen MR) is 86.2 cm³/mol. The van der Waals surface area contributed by atoms with E-state index >= 15 is 0 Å². The van der Waals surface area contributed by atoms with E-state index in [4.69, 9.17) is 0 Å². The minimum absolute atomic E-state index is 0.0677. The molecule has 2 unspecified atom stereocenters. The summed E-state index contributed by atoms with van der Waals surface area (Å²) in [5.74, 6) is -1.19. The largest absolute Gasteiger partial charge is 0.511 e. The summed E-state index contributed by atoms with van der Waals surface area (Å²) in [5.41, 5.74) is -0.200. The van der Waals surface area contributed by atoms with Crippen molar-refractivity contribution in [2.45, 2.75) is 51.5 Å². The first kappa shape index (κ1) is 15.9. The molecular formula is C15H20N4O3S. The number of aliphatic hydroxyl groups is 1. The molecule has 23 heavy (non-hydrogen) atoms. The minimum Gasteiger partial charge on any atom is -0.511 e. The van der Waals surface area contributed by atoms with Gasteiger partial charge in [0.1, 0.15) is 16.3 Å². The fraction of sp³-hybridized carbons (Fsp3) is 0.600. The van der Waals surface area contributed by atoms with Gasteiger partial charge in [-0.1, -0.05) is 38.0 Å². The van der Waals surface area contributed by atoms with E-state index in [1.165, 1.54) is 11.3 Å². The topological polar surface area (TPSA) is 104 Å². The zero-order valence-electron chi connectivity index (χ0n) is 13.1. The van der Waals surface area contributed by atoms with Crippen LogP contribution in [0.3, 0.4) is 0 Å². The Labute approximate surface area is 138 Å². The molecule has 2 amide bonds. The van der Waals surface area contributed by atoms with Crippen LogP contribution in [0, 0.1) is 5.92 Å². The summed E-state index contributed by atoms with van der Waals surface area (Å²) in [6.45, 7) is 3.97. The summed E-state index contributed by atoms with van der Waals surface area (Å²) in [6, 6.07) is -0.0677. The molecule has 0 saturated heterocycles. The number of anilines is 1. The number of aliphatic hydroxyl groups excluding tert-OH is 1. The number of amides is 2. The van der Waals surface area contributed by atoms with Gasteiger partial charge in [-0.15, -0.1) is 10.2 Å². The summed E-state index contributed by atoms with van der Waals surface area (Å²) in [5, 5.41) is 24.8. The van der Waals surface area contributed by atoms with E-state index in [1.54, 1.807) is 0 Å². The number of rotatable bonds is 3. The zero-order valence-corrected chi connectivity index (χ0v) is 13.9. The lowest BCUT2D eigenvalue weighted by molar-refractivity contribution is -0.123. The van der Waals surface area contributed by atoms with E-state index in [-0.39, 0.29) is 29.2 Å². The van der Waals surface area contributed by atoms with Gasteiger partial charge in [-0.25, -0.2) is 0 Å². The maximum atomic E-state index is 12.4. The Kier molecular flexibility index (Phi) is 4.34. The molecule has 8 heteroatoms. The van der Waals surface area contributed by atoms with Crippen molar-refractivity contribution in [3.63, 3.8) is 0 Å². The molecule has 2 heterocycles.